The van der Waals surface area contributed by atoms with E-state index in [1.54, 1.807) is 54.0 Å². The summed E-state index contributed by atoms with van der Waals surface area (Å²) >= 11 is 5.29. The number of nitrogens with one attached hydrogen (secondary N) is 1. The molecule has 1 aliphatic rings. The van der Waals surface area contributed by atoms with Crippen LogP contribution in [-0.2, 0) is 9.59 Å². The van der Waals surface area contributed by atoms with Gasteiger partial charge in [-0.2, -0.15) is 0 Å². The van der Waals surface area contributed by atoms with Gasteiger partial charge in [0, 0.05) is 17.5 Å². The maximum Gasteiger partial charge on any atom is 0.270 e. The Morgan fingerprint density at radius 1 is 1.00 bits per heavy atom. The SMILES string of the molecule is COc1ccc(N2C(=O)/C(=C/c3cc(C)n(-c4ccccc4F)c3C)C(=O)NC2=S)c(OC)c1. The first kappa shape index (κ1) is 23.2. The van der Waals surface area contributed by atoms with Crippen molar-refractivity contribution >= 4 is 40.9 Å². The quantitative estimate of drug-likeness (QED) is 0.339. The summed E-state index contributed by atoms with van der Waals surface area (Å²) < 4.78 is 26.8. The molecule has 2 aromatic carbocycles. The van der Waals surface area contributed by atoms with E-state index >= 15 is 0 Å². The fraction of sp³-hybridized carbons (Fsp3) is 0.160. The van der Waals surface area contributed by atoms with Crippen molar-refractivity contribution in [3.05, 3.63) is 76.9 Å². The van der Waals surface area contributed by atoms with E-state index in [2.05, 4.69) is 5.32 Å². The number of hydrogen-bond acceptors (Lipinski definition) is 5. The second-order valence-electron chi connectivity index (χ2n) is 7.61. The average Bonchev–Trinajstić information content (AvgIpc) is 3.09. The number of thiocarbonyl (C=S) groups is 1. The lowest BCUT2D eigenvalue weighted by Gasteiger charge is -2.30. The molecule has 1 saturated heterocycles. The van der Waals surface area contributed by atoms with E-state index in [0.29, 0.717) is 34.1 Å². The Morgan fingerprint density at radius 3 is 2.41 bits per heavy atom. The van der Waals surface area contributed by atoms with Gasteiger partial charge in [-0.25, -0.2) is 9.29 Å². The fourth-order valence-electron chi connectivity index (χ4n) is 3.94. The Bertz CT molecular complexity index is 1360. The van der Waals surface area contributed by atoms with Gasteiger partial charge in [0.05, 0.1) is 25.6 Å². The van der Waals surface area contributed by atoms with Crippen LogP contribution in [0, 0.1) is 19.7 Å². The third-order valence-electron chi connectivity index (χ3n) is 5.59. The van der Waals surface area contributed by atoms with Gasteiger partial charge in [-0.3, -0.25) is 14.9 Å². The van der Waals surface area contributed by atoms with Crippen molar-refractivity contribution in [2.24, 2.45) is 0 Å². The van der Waals surface area contributed by atoms with Crippen LogP contribution in [0.1, 0.15) is 17.0 Å². The molecule has 0 unspecified atom stereocenters. The minimum Gasteiger partial charge on any atom is -0.497 e. The highest BCUT2D eigenvalue weighted by Gasteiger charge is 2.36. The number of halogens is 1. The van der Waals surface area contributed by atoms with Gasteiger partial charge >= 0.3 is 0 Å². The lowest BCUT2D eigenvalue weighted by molar-refractivity contribution is -0.122. The summed E-state index contributed by atoms with van der Waals surface area (Å²) in [6.45, 7) is 3.62. The molecule has 3 aromatic rings. The lowest BCUT2D eigenvalue weighted by atomic mass is 10.1. The van der Waals surface area contributed by atoms with Crippen molar-refractivity contribution in [1.29, 1.82) is 0 Å². The van der Waals surface area contributed by atoms with E-state index in [-0.39, 0.29) is 16.5 Å². The second-order valence-corrected chi connectivity index (χ2v) is 8.00. The number of nitrogens with zero attached hydrogens (tertiary/aromatic N) is 2. The van der Waals surface area contributed by atoms with E-state index < -0.39 is 11.8 Å². The van der Waals surface area contributed by atoms with Gasteiger partial charge in [-0.05, 0) is 68.0 Å². The number of carbonyl (C=O) groups is 2. The smallest absolute Gasteiger partial charge is 0.270 e. The van der Waals surface area contributed by atoms with Crippen LogP contribution < -0.4 is 19.7 Å². The number of rotatable bonds is 5. The van der Waals surface area contributed by atoms with Gasteiger partial charge in [0.15, 0.2) is 5.11 Å². The van der Waals surface area contributed by atoms with Gasteiger partial charge in [0.25, 0.3) is 11.8 Å². The van der Waals surface area contributed by atoms with Crippen LogP contribution in [0.4, 0.5) is 10.1 Å². The van der Waals surface area contributed by atoms with Crippen LogP contribution in [0.3, 0.4) is 0 Å². The van der Waals surface area contributed by atoms with Crippen LogP contribution in [0.25, 0.3) is 11.8 Å². The third kappa shape index (κ3) is 3.94. The summed E-state index contributed by atoms with van der Waals surface area (Å²) in [5.74, 6) is -0.708. The first-order valence-electron chi connectivity index (χ1n) is 10.3. The average molecular weight is 480 g/mol. The van der Waals surface area contributed by atoms with Crippen molar-refractivity contribution in [3.8, 4) is 17.2 Å². The van der Waals surface area contributed by atoms with Crippen molar-refractivity contribution < 1.29 is 23.5 Å². The molecule has 1 aliphatic heterocycles. The van der Waals surface area contributed by atoms with E-state index in [9.17, 15) is 14.0 Å². The second kappa shape index (κ2) is 9.11. The summed E-state index contributed by atoms with van der Waals surface area (Å²) in [6.07, 6.45) is 1.49. The number of aromatic nitrogens is 1. The molecule has 0 aliphatic carbocycles. The number of benzene rings is 2. The minimum atomic E-state index is -0.616. The number of ether oxygens (including phenoxy) is 2. The Labute approximate surface area is 201 Å². The third-order valence-corrected chi connectivity index (χ3v) is 5.88. The Morgan fingerprint density at radius 2 is 1.74 bits per heavy atom. The summed E-state index contributed by atoms with van der Waals surface area (Å²) in [6, 6.07) is 13.1. The molecule has 1 aromatic heterocycles. The van der Waals surface area contributed by atoms with Gasteiger partial charge in [-0.15, -0.1) is 0 Å². The number of amides is 2. The molecule has 174 valence electrons. The van der Waals surface area contributed by atoms with Crippen molar-refractivity contribution in [2.75, 3.05) is 19.1 Å². The zero-order valence-electron chi connectivity index (χ0n) is 19.0. The monoisotopic (exact) mass is 479 g/mol. The van der Waals surface area contributed by atoms with E-state index in [0.717, 1.165) is 5.69 Å². The maximum atomic E-state index is 14.4. The van der Waals surface area contributed by atoms with Crippen LogP contribution in [0.15, 0.2) is 54.1 Å². The van der Waals surface area contributed by atoms with Crippen LogP contribution >= 0.6 is 12.2 Å². The molecule has 0 atom stereocenters. The minimum absolute atomic E-state index is 0.0625. The molecule has 0 bridgehead atoms. The molecule has 7 nitrogen and oxygen atoms in total. The fourth-order valence-corrected chi connectivity index (χ4v) is 4.21. The molecule has 1 N–H and O–H groups in total. The first-order valence-corrected chi connectivity index (χ1v) is 10.7. The zero-order chi connectivity index (χ0) is 24.6. The number of carbonyl (C=O) groups excluding carboxylic acids is 2. The summed E-state index contributed by atoms with van der Waals surface area (Å²) in [5.41, 5.74) is 2.67. The molecular formula is C25H22FN3O4S. The molecule has 1 fully saturated rings. The number of hydrogen-bond donors (Lipinski definition) is 1. The number of para-hydroxylation sites is 1. The molecular weight excluding hydrogens is 457 g/mol. The molecule has 0 radical (unpaired) electrons. The van der Waals surface area contributed by atoms with E-state index in [1.165, 1.54) is 31.3 Å². The Kier molecular flexibility index (Phi) is 6.21. The standard InChI is InChI=1S/C25H22FN3O4S/c1-14-11-16(15(2)28(14)20-8-6-5-7-19(20)26)12-18-23(30)27-25(34)29(24(18)31)21-10-9-17(32-3)13-22(21)33-4/h5-13H,1-4H3,(H,27,30,34)/b18-12+. The van der Waals surface area contributed by atoms with E-state index in [1.807, 2.05) is 6.92 Å². The topological polar surface area (TPSA) is 72.8 Å². The van der Waals surface area contributed by atoms with Crippen LogP contribution in [0.5, 0.6) is 11.5 Å². The van der Waals surface area contributed by atoms with E-state index in [4.69, 9.17) is 21.7 Å². The highest BCUT2D eigenvalue weighted by molar-refractivity contribution is 7.80. The van der Waals surface area contributed by atoms with Gasteiger partial charge < -0.3 is 14.0 Å². The van der Waals surface area contributed by atoms with Gasteiger partial charge in [-0.1, -0.05) is 12.1 Å². The molecule has 4 rings (SSSR count). The molecule has 0 spiro atoms. The number of anilines is 1. The molecule has 34 heavy (non-hydrogen) atoms. The Hall–Kier alpha value is -3.98. The van der Waals surface area contributed by atoms with Crippen LogP contribution in [-0.4, -0.2) is 35.7 Å². The summed E-state index contributed by atoms with van der Waals surface area (Å²) in [4.78, 5) is 27.4. The number of aryl methyl sites for hydroxylation is 1. The highest BCUT2D eigenvalue weighted by atomic mass is 32.1. The molecule has 9 heteroatoms. The predicted octanol–water partition coefficient (Wildman–Crippen LogP) is 4.08. The van der Waals surface area contributed by atoms with Gasteiger partial charge in [0.1, 0.15) is 22.9 Å². The van der Waals surface area contributed by atoms with Crippen molar-refractivity contribution in [1.82, 2.24) is 9.88 Å². The molecule has 2 heterocycles. The number of methoxy groups -OCH3 is 2. The van der Waals surface area contributed by atoms with Crippen molar-refractivity contribution in [3.63, 3.8) is 0 Å². The predicted molar refractivity (Wildman–Crippen MR) is 131 cm³/mol. The van der Waals surface area contributed by atoms with Gasteiger partial charge in [0.2, 0.25) is 0 Å². The normalized spacial score (nSPS) is 15.0. The van der Waals surface area contributed by atoms with Crippen LogP contribution in [0.2, 0.25) is 0 Å². The maximum absolute atomic E-state index is 14.4. The Balaban J connectivity index is 1.79. The molecule has 0 saturated carbocycles. The lowest BCUT2D eigenvalue weighted by Crippen LogP contribution is -2.54. The highest BCUT2D eigenvalue weighted by Crippen LogP contribution is 2.34. The molecule has 2 amide bonds. The van der Waals surface area contributed by atoms with Crippen molar-refractivity contribution in [2.45, 2.75) is 13.8 Å². The summed E-state index contributed by atoms with van der Waals surface area (Å²) in [5, 5.41) is 2.50. The zero-order valence-corrected chi connectivity index (χ0v) is 19.8. The first-order chi connectivity index (χ1) is 16.3. The summed E-state index contributed by atoms with van der Waals surface area (Å²) in [7, 11) is 2.98. The largest absolute Gasteiger partial charge is 0.497 e.